The van der Waals surface area contributed by atoms with Gasteiger partial charge in [0.05, 0.1) is 11.7 Å². The lowest BCUT2D eigenvalue weighted by Crippen LogP contribution is -2.73. The highest BCUT2D eigenvalue weighted by Crippen LogP contribution is 2.53. The lowest BCUT2D eigenvalue weighted by Gasteiger charge is -2.53. The van der Waals surface area contributed by atoms with Crippen LogP contribution in [-0.2, 0) is 26.2 Å². The SMILES string of the molecule is CC(=O)c1cc(C(C)(C)C)c(O)c2c1C[C@@H]1C[C@@H]3[C@@H](N(C)C)C(O)C(C(N)=O)C(=O)[C@]3(O)C(=O)C1=C2O. The van der Waals surface area contributed by atoms with Crippen LogP contribution in [0, 0.1) is 17.8 Å². The number of aliphatic hydroxyl groups is 3. The molecule has 4 rings (SSSR count). The minimum atomic E-state index is -2.72. The molecule has 10 nitrogen and oxygen atoms in total. The highest BCUT2D eigenvalue weighted by molar-refractivity contribution is 6.25. The van der Waals surface area contributed by atoms with E-state index in [9.17, 15) is 39.6 Å². The number of phenols is 1. The number of primary amides is 1. The van der Waals surface area contributed by atoms with Crippen molar-refractivity contribution in [2.45, 2.75) is 63.7 Å². The summed E-state index contributed by atoms with van der Waals surface area (Å²) < 4.78 is 0. The van der Waals surface area contributed by atoms with Gasteiger partial charge in [-0.15, -0.1) is 0 Å². The van der Waals surface area contributed by atoms with E-state index in [2.05, 4.69) is 0 Å². The van der Waals surface area contributed by atoms with Crippen LogP contribution in [0.1, 0.15) is 61.2 Å². The molecule has 0 bridgehead atoms. The Morgan fingerprint density at radius 3 is 2.24 bits per heavy atom. The number of hydrogen-bond donors (Lipinski definition) is 5. The maximum atomic E-state index is 13.9. The molecule has 0 aliphatic heterocycles. The Labute approximate surface area is 214 Å². The number of nitrogens with zero attached hydrogens (tertiary/aromatic N) is 1. The number of hydrogen-bond acceptors (Lipinski definition) is 9. The molecule has 1 aromatic rings. The Balaban J connectivity index is 2.00. The van der Waals surface area contributed by atoms with Crippen molar-refractivity contribution in [3.05, 3.63) is 33.9 Å². The number of likely N-dealkylation sites (N-methyl/N-ethyl adjacent to an activating group) is 1. The summed E-state index contributed by atoms with van der Waals surface area (Å²) in [5, 5.41) is 45.2. The van der Waals surface area contributed by atoms with Gasteiger partial charge in [-0.3, -0.25) is 19.2 Å². The van der Waals surface area contributed by atoms with Crippen LogP contribution in [-0.4, -0.2) is 80.4 Å². The van der Waals surface area contributed by atoms with E-state index in [1.165, 1.54) is 11.8 Å². The van der Waals surface area contributed by atoms with E-state index >= 15 is 0 Å². The summed E-state index contributed by atoms with van der Waals surface area (Å²) in [6, 6.07) is 0.627. The molecule has 200 valence electrons. The van der Waals surface area contributed by atoms with E-state index in [1.807, 2.05) is 20.8 Å². The van der Waals surface area contributed by atoms with Crippen LogP contribution in [0.25, 0.3) is 5.76 Å². The molecule has 2 fully saturated rings. The smallest absolute Gasteiger partial charge is 0.230 e. The zero-order chi connectivity index (χ0) is 27.9. The van der Waals surface area contributed by atoms with Gasteiger partial charge >= 0.3 is 0 Å². The van der Waals surface area contributed by atoms with Crippen molar-refractivity contribution in [2.75, 3.05) is 14.1 Å². The Morgan fingerprint density at radius 2 is 1.76 bits per heavy atom. The van der Waals surface area contributed by atoms with Gasteiger partial charge in [-0.2, -0.15) is 0 Å². The molecular weight excluding hydrogens is 480 g/mol. The Morgan fingerprint density at radius 1 is 1.16 bits per heavy atom. The summed E-state index contributed by atoms with van der Waals surface area (Å²) in [6.45, 7) is 6.85. The lowest BCUT2D eigenvalue weighted by molar-refractivity contribution is -0.184. The standard InChI is InChI=1S/C27H34N2O8/c1-10(30)12-9-15(26(2,3)4)20(31)17-13(12)7-11-8-14-19(29(5)6)22(33)18(25(28)36)24(35)27(14,37)23(34)16(11)21(17)32/h9,11,14,18-19,22,31-33,37H,7-8H2,1-6H3,(H2,28,36)/t11-,14-,18?,19-,22?,27-/m1/s1. The summed E-state index contributed by atoms with van der Waals surface area (Å²) in [5.41, 5.74) is 2.81. The van der Waals surface area contributed by atoms with Gasteiger partial charge in [-0.05, 0) is 56.8 Å². The fraction of sp³-hybridized carbons (Fsp3) is 0.556. The largest absolute Gasteiger partial charge is 0.507 e. The monoisotopic (exact) mass is 514 g/mol. The number of aromatic hydroxyl groups is 1. The molecule has 2 saturated carbocycles. The highest BCUT2D eigenvalue weighted by atomic mass is 16.3. The Kier molecular flexibility index (Phi) is 6.18. The second-order valence-electron chi connectivity index (χ2n) is 11.8. The van der Waals surface area contributed by atoms with Crippen molar-refractivity contribution < 1.29 is 39.6 Å². The molecule has 2 unspecified atom stereocenters. The number of phenolic OH excluding ortho intramolecular Hbond substituents is 1. The normalized spacial score (nSPS) is 31.6. The van der Waals surface area contributed by atoms with Crippen LogP contribution < -0.4 is 5.73 Å². The first-order chi connectivity index (χ1) is 17.0. The molecule has 1 aromatic carbocycles. The Bertz CT molecular complexity index is 1270. The van der Waals surface area contributed by atoms with Gasteiger partial charge in [0.2, 0.25) is 11.7 Å². The van der Waals surface area contributed by atoms with E-state index in [1.54, 1.807) is 20.2 Å². The third-order valence-corrected chi connectivity index (χ3v) is 8.28. The van der Waals surface area contributed by atoms with Gasteiger partial charge in [0.25, 0.3) is 0 Å². The number of benzene rings is 1. The van der Waals surface area contributed by atoms with Crippen molar-refractivity contribution in [3.8, 4) is 5.75 Å². The number of ketones is 3. The zero-order valence-electron chi connectivity index (χ0n) is 21.8. The van der Waals surface area contributed by atoms with Gasteiger partial charge in [0.1, 0.15) is 17.4 Å². The van der Waals surface area contributed by atoms with E-state index in [0.717, 1.165) is 0 Å². The first-order valence-corrected chi connectivity index (χ1v) is 12.2. The summed E-state index contributed by atoms with van der Waals surface area (Å²) in [7, 11) is 3.18. The molecule has 3 aliphatic rings. The van der Waals surface area contributed by atoms with Crippen molar-refractivity contribution in [2.24, 2.45) is 23.5 Å². The van der Waals surface area contributed by atoms with E-state index < -0.39 is 64.1 Å². The van der Waals surface area contributed by atoms with Crippen molar-refractivity contribution in [1.29, 1.82) is 0 Å². The second kappa shape index (κ2) is 8.47. The average Bonchev–Trinajstić information content (AvgIpc) is 2.74. The van der Waals surface area contributed by atoms with Crippen LogP contribution in [0.15, 0.2) is 11.6 Å². The summed E-state index contributed by atoms with van der Waals surface area (Å²) in [4.78, 5) is 53.6. The van der Waals surface area contributed by atoms with Crippen LogP contribution in [0.3, 0.4) is 0 Å². The van der Waals surface area contributed by atoms with Gasteiger partial charge in [0, 0.05) is 28.7 Å². The quantitative estimate of drug-likeness (QED) is 0.286. The maximum absolute atomic E-state index is 13.9. The number of amides is 1. The molecule has 3 aliphatic carbocycles. The van der Waals surface area contributed by atoms with Gasteiger partial charge in [0.15, 0.2) is 17.2 Å². The second-order valence-corrected chi connectivity index (χ2v) is 11.8. The molecule has 10 heteroatoms. The molecule has 0 spiro atoms. The van der Waals surface area contributed by atoms with Crippen LogP contribution in [0.2, 0.25) is 0 Å². The van der Waals surface area contributed by atoms with Gasteiger partial charge in [-0.1, -0.05) is 20.8 Å². The third-order valence-electron chi connectivity index (χ3n) is 8.28. The summed E-state index contributed by atoms with van der Waals surface area (Å²) in [6.07, 6.45) is -1.47. The van der Waals surface area contributed by atoms with Crippen molar-refractivity contribution in [3.63, 3.8) is 0 Å². The maximum Gasteiger partial charge on any atom is 0.230 e. The summed E-state index contributed by atoms with van der Waals surface area (Å²) in [5.74, 6) is -8.28. The molecule has 37 heavy (non-hydrogen) atoms. The first-order valence-electron chi connectivity index (χ1n) is 12.2. The number of aliphatic hydroxyl groups excluding tert-OH is 2. The first kappa shape index (κ1) is 27.0. The molecule has 6 atom stereocenters. The lowest BCUT2D eigenvalue weighted by atomic mass is 9.54. The molecule has 1 amide bonds. The van der Waals surface area contributed by atoms with E-state index in [-0.39, 0.29) is 35.5 Å². The molecule has 0 heterocycles. The number of carbonyl (C=O) groups is 4. The average molecular weight is 515 g/mol. The highest BCUT2D eigenvalue weighted by Gasteiger charge is 2.67. The molecule has 0 aromatic heterocycles. The summed E-state index contributed by atoms with van der Waals surface area (Å²) >= 11 is 0. The van der Waals surface area contributed by atoms with Crippen molar-refractivity contribution >= 4 is 29.0 Å². The predicted molar refractivity (Wildman–Crippen MR) is 133 cm³/mol. The fourth-order valence-electron chi connectivity index (χ4n) is 6.56. The molecule has 0 radical (unpaired) electrons. The van der Waals surface area contributed by atoms with Crippen molar-refractivity contribution in [1.82, 2.24) is 4.90 Å². The molecule has 0 saturated heterocycles. The minimum Gasteiger partial charge on any atom is -0.507 e. The number of fused-ring (bicyclic) bond motifs is 3. The predicted octanol–water partition coefficient (Wildman–Crippen LogP) is 0.629. The third kappa shape index (κ3) is 3.65. The molecule has 6 N–H and O–H groups in total. The van der Waals surface area contributed by atoms with Crippen LogP contribution in [0.5, 0.6) is 5.75 Å². The van der Waals surface area contributed by atoms with Gasteiger partial charge in [-0.25, -0.2) is 0 Å². The van der Waals surface area contributed by atoms with Gasteiger partial charge < -0.3 is 31.1 Å². The number of rotatable bonds is 3. The van der Waals surface area contributed by atoms with E-state index in [0.29, 0.717) is 16.7 Å². The number of nitrogens with two attached hydrogens (primary N) is 1. The topological polar surface area (TPSA) is 178 Å². The minimum absolute atomic E-state index is 0.00265. The van der Waals surface area contributed by atoms with Crippen LogP contribution in [0.4, 0.5) is 0 Å². The zero-order valence-corrected chi connectivity index (χ0v) is 21.8. The Hall–Kier alpha value is -3.08. The number of Topliss-reactive ketones (excluding diaryl/α,β-unsaturated/α-hetero) is 3. The molecular formula is C27H34N2O8. The van der Waals surface area contributed by atoms with Crippen LogP contribution >= 0.6 is 0 Å². The van der Waals surface area contributed by atoms with E-state index in [4.69, 9.17) is 5.73 Å². The fourth-order valence-corrected chi connectivity index (χ4v) is 6.56. The number of carbonyl (C=O) groups excluding carboxylic acids is 4.